The third-order valence-electron chi connectivity index (χ3n) is 6.29. The van der Waals surface area contributed by atoms with E-state index in [1.807, 2.05) is 0 Å². The van der Waals surface area contributed by atoms with Crippen LogP contribution < -0.4 is 5.32 Å². The smallest absolute Gasteiger partial charge is 0.251 e. The number of nitrogens with one attached hydrogen (secondary N) is 1. The van der Waals surface area contributed by atoms with E-state index in [9.17, 15) is 13.2 Å². The zero-order chi connectivity index (χ0) is 19.4. The van der Waals surface area contributed by atoms with Crippen molar-refractivity contribution in [3.05, 3.63) is 29.8 Å². The van der Waals surface area contributed by atoms with Crippen LogP contribution in [0.3, 0.4) is 0 Å². The molecule has 6 heteroatoms. The minimum Gasteiger partial charge on any atom is -0.349 e. The van der Waals surface area contributed by atoms with Gasteiger partial charge in [-0.3, -0.25) is 4.79 Å². The highest BCUT2D eigenvalue weighted by Crippen LogP contribution is 2.27. The summed E-state index contributed by atoms with van der Waals surface area (Å²) in [4.78, 5) is 12.9. The topological polar surface area (TPSA) is 66.5 Å². The van der Waals surface area contributed by atoms with Crippen LogP contribution in [0.5, 0.6) is 0 Å². The summed E-state index contributed by atoms with van der Waals surface area (Å²) in [5.74, 6) is 0.290. The van der Waals surface area contributed by atoms with E-state index < -0.39 is 10.0 Å². The molecule has 0 saturated heterocycles. The number of carbonyl (C=O) groups is 1. The summed E-state index contributed by atoms with van der Waals surface area (Å²) in [6, 6.07) is 6.72. The quantitative estimate of drug-likeness (QED) is 0.825. The fraction of sp³-hybridized carbons (Fsp3) is 0.667. The van der Waals surface area contributed by atoms with E-state index in [2.05, 4.69) is 12.2 Å². The van der Waals surface area contributed by atoms with Gasteiger partial charge in [-0.25, -0.2) is 8.42 Å². The van der Waals surface area contributed by atoms with Crippen molar-refractivity contribution < 1.29 is 13.2 Å². The van der Waals surface area contributed by atoms with Crippen LogP contribution in [-0.2, 0) is 10.0 Å². The van der Waals surface area contributed by atoms with Crippen molar-refractivity contribution in [2.24, 2.45) is 5.92 Å². The Kier molecular flexibility index (Phi) is 6.58. The van der Waals surface area contributed by atoms with Crippen LogP contribution in [-0.4, -0.2) is 37.8 Å². The lowest BCUT2D eigenvalue weighted by Crippen LogP contribution is -2.41. The van der Waals surface area contributed by atoms with Gasteiger partial charge in [0.1, 0.15) is 0 Å². The largest absolute Gasteiger partial charge is 0.349 e. The summed E-state index contributed by atoms with van der Waals surface area (Å²) in [5, 5.41) is 3.11. The van der Waals surface area contributed by atoms with Gasteiger partial charge >= 0.3 is 0 Å². The lowest BCUT2D eigenvalue weighted by Gasteiger charge is -2.30. The highest BCUT2D eigenvalue weighted by molar-refractivity contribution is 7.89. The molecule has 2 atom stereocenters. The third-order valence-corrected chi connectivity index (χ3v) is 8.20. The van der Waals surface area contributed by atoms with Gasteiger partial charge in [0.15, 0.2) is 0 Å². The molecule has 1 N–H and O–H groups in total. The second-order valence-corrected chi connectivity index (χ2v) is 10.2. The number of sulfonamides is 1. The Bertz CT molecular complexity index is 756. The maximum Gasteiger partial charge on any atom is 0.251 e. The summed E-state index contributed by atoms with van der Waals surface area (Å²) in [6.45, 7) is 2.17. The summed E-state index contributed by atoms with van der Waals surface area (Å²) < 4.78 is 27.6. The summed E-state index contributed by atoms with van der Waals surface area (Å²) in [6.07, 6.45) is 9.63. The van der Waals surface area contributed by atoms with E-state index in [4.69, 9.17) is 0 Å². The molecule has 1 aromatic carbocycles. The Morgan fingerprint density at radius 2 is 1.70 bits per heavy atom. The van der Waals surface area contributed by atoms with Crippen LogP contribution in [0.15, 0.2) is 29.2 Å². The molecule has 2 aliphatic rings. The standard InChI is InChI=1S/C21H32N2O3S/c1-16-9-6-7-14-20(16)22-21(24)17-10-8-13-19(15-17)27(25,26)23(2)18-11-4-3-5-12-18/h8,10,13,15-16,18,20H,3-7,9,11-12,14H2,1-2H3,(H,22,24)/t16-,20-/m1/s1. The van der Waals surface area contributed by atoms with Crippen LogP contribution in [0.1, 0.15) is 75.1 Å². The molecule has 5 nitrogen and oxygen atoms in total. The summed E-state index contributed by atoms with van der Waals surface area (Å²) in [7, 11) is -1.92. The molecule has 0 radical (unpaired) electrons. The normalized spacial score (nSPS) is 24.7. The zero-order valence-electron chi connectivity index (χ0n) is 16.5. The number of hydrogen-bond acceptors (Lipinski definition) is 3. The molecule has 2 fully saturated rings. The van der Waals surface area contributed by atoms with Crippen LogP contribution >= 0.6 is 0 Å². The number of rotatable bonds is 5. The Labute approximate surface area is 163 Å². The highest BCUT2D eigenvalue weighted by atomic mass is 32.2. The molecule has 2 saturated carbocycles. The molecule has 0 unspecified atom stereocenters. The minimum atomic E-state index is -3.59. The Balaban J connectivity index is 1.74. The molecular formula is C21H32N2O3S. The predicted octanol–water partition coefficient (Wildman–Crippen LogP) is 3.95. The van der Waals surface area contributed by atoms with Crippen molar-refractivity contribution in [1.29, 1.82) is 0 Å². The molecule has 1 aromatic rings. The molecule has 3 rings (SSSR count). The maximum absolute atomic E-state index is 13.0. The van der Waals surface area contributed by atoms with Gasteiger partial charge in [0.25, 0.3) is 5.91 Å². The molecular weight excluding hydrogens is 360 g/mol. The van der Waals surface area contributed by atoms with Gasteiger partial charge in [0.05, 0.1) is 4.90 Å². The monoisotopic (exact) mass is 392 g/mol. The van der Waals surface area contributed by atoms with E-state index in [1.165, 1.54) is 23.2 Å². The number of hydrogen-bond donors (Lipinski definition) is 1. The Morgan fingerprint density at radius 3 is 2.41 bits per heavy atom. The first-order valence-corrected chi connectivity index (χ1v) is 11.7. The van der Waals surface area contributed by atoms with Gasteiger partial charge < -0.3 is 5.32 Å². The zero-order valence-corrected chi connectivity index (χ0v) is 17.3. The average Bonchev–Trinajstić information content (AvgIpc) is 2.70. The fourth-order valence-electron chi connectivity index (χ4n) is 4.39. The number of nitrogens with zero attached hydrogens (tertiary/aromatic N) is 1. The van der Waals surface area contributed by atoms with Gasteiger partial charge in [-0.05, 0) is 49.8 Å². The van der Waals surface area contributed by atoms with Gasteiger partial charge in [-0.2, -0.15) is 4.31 Å². The van der Waals surface area contributed by atoms with Gasteiger partial charge in [0, 0.05) is 24.7 Å². The van der Waals surface area contributed by atoms with Gasteiger partial charge in [0.2, 0.25) is 10.0 Å². The van der Waals surface area contributed by atoms with Crippen LogP contribution in [0, 0.1) is 5.92 Å². The SMILES string of the molecule is C[C@@H]1CCCC[C@H]1NC(=O)c1cccc(S(=O)(=O)N(C)C2CCCCC2)c1. The van der Waals surface area contributed by atoms with E-state index in [0.717, 1.165) is 44.9 Å². The summed E-state index contributed by atoms with van der Waals surface area (Å²) >= 11 is 0. The van der Waals surface area contributed by atoms with Crippen LogP contribution in [0.25, 0.3) is 0 Å². The lowest BCUT2D eigenvalue weighted by atomic mass is 9.86. The van der Waals surface area contributed by atoms with Crippen molar-refractivity contribution in [3.63, 3.8) is 0 Å². The molecule has 2 aliphatic carbocycles. The summed E-state index contributed by atoms with van der Waals surface area (Å²) in [5.41, 5.74) is 0.422. The van der Waals surface area contributed by atoms with Gasteiger partial charge in [-0.15, -0.1) is 0 Å². The second-order valence-electron chi connectivity index (χ2n) is 8.18. The predicted molar refractivity (Wildman–Crippen MR) is 107 cm³/mol. The molecule has 150 valence electrons. The van der Waals surface area contributed by atoms with Crippen molar-refractivity contribution >= 4 is 15.9 Å². The fourth-order valence-corrected chi connectivity index (χ4v) is 5.85. The maximum atomic E-state index is 13.0. The third kappa shape index (κ3) is 4.72. The first kappa shape index (κ1) is 20.3. The molecule has 0 aliphatic heterocycles. The number of benzene rings is 1. The first-order chi connectivity index (χ1) is 12.9. The van der Waals surface area contributed by atoms with Crippen LogP contribution in [0.4, 0.5) is 0 Å². The second kappa shape index (κ2) is 8.74. The minimum absolute atomic E-state index is 0.0596. The van der Waals surface area contributed by atoms with E-state index in [0.29, 0.717) is 11.5 Å². The lowest BCUT2D eigenvalue weighted by molar-refractivity contribution is 0.0910. The average molecular weight is 393 g/mol. The Hall–Kier alpha value is -1.40. The highest BCUT2D eigenvalue weighted by Gasteiger charge is 2.30. The van der Waals surface area contributed by atoms with Crippen molar-refractivity contribution in [3.8, 4) is 0 Å². The van der Waals surface area contributed by atoms with E-state index >= 15 is 0 Å². The van der Waals surface area contributed by atoms with Crippen LogP contribution in [0.2, 0.25) is 0 Å². The van der Waals surface area contributed by atoms with Crippen molar-refractivity contribution in [2.45, 2.75) is 81.7 Å². The molecule has 27 heavy (non-hydrogen) atoms. The van der Waals surface area contributed by atoms with Gasteiger partial charge in [-0.1, -0.05) is 45.1 Å². The van der Waals surface area contributed by atoms with Crippen molar-refractivity contribution in [2.75, 3.05) is 7.05 Å². The first-order valence-electron chi connectivity index (χ1n) is 10.3. The number of carbonyl (C=O) groups excluding carboxylic acids is 1. The van der Waals surface area contributed by atoms with Crippen molar-refractivity contribution in [1.82, 2.24) is 9.62 Å². The van der Waals surface area contributed by atoms with E-state index in [-0.39, 0.29) is 22.9 Å². The van der Waals surface area contributed by atoms with E-state index in [1.54, 1.807) is 25.2 Å². The molecule has 0 spiro atoms. The Morgan fingerprint density at radius 1 is 1.04 bits per heavy atom. The number of amides is 1. The molecule has 0 bridgehead atoms. The molecule has 1 amide bonds. The molecule has 0 aromatic heterocycles. The molecule has 0 heterocycles.